The molecule has 3 aliphatic heterocycles. The molecule has 0 unspecified atom stereocenters. The molecule has 0 spiro atoms. The van der Waals surface area contributed by atoms with Crippen molar-refractivity contribution in [2.75, 3.05) is 270 Å². The van der Waals surface area contributed by atoms with Crippen LogP contribution in [0.5, 0.6) is 5.75 Å². The number of nitrogens with one attached hydrogen (secondary N) is 8. The minimum atomic E-state index is -2.05. The first-order valence-electron chi connectivity index (χ1n) is 45.2. The highest BCUT2D eigenvalue weighted by atomic mass is 19.1. The molecule has 43 nitrogen and oxygen atoms in total. The molecule has 0 saturated heterocycles. The lowest BCUT2D eigenvalue weighted by Gasteiger charge is -2.32. The molecule has 1 aliphatic carbocycles. The molecule has 0 radical (unpaired) electrons. The second kappa shape index (κ2) is 61.4. The highest BCUT2D eigenvalue weighted by molar-refractivity contribution is 6.28. The Morgan fingerprint density at radius 2 is 0.993 bits per heavy atom. The molecule has 9 rings (SSSR count). The Bertz CT molecular complexity index is 4670. The van der Waals surface area contributed by atoms with E-state index in [2.05, 4.69) is 42.5 Å². The average molecular weight is 1920 g/mol. The van der Waals surface area contributed by atoms with Crippen molar-refractivity contribution in [3.05, 3.63) is 133 Å². The second-order valence-electron chi connectivity index (χ2n) is 31.1. The van der Waals surface area contributed by atoms with Crippen LogP contribution in [0, 0.1) is 18.7 Å². The molecule has 136 heavy (non-hydrogen) atoms. The number of aryl methyl sites for hydroxylation is 1. The zero-order chi connectivity index (χ0) is 96.9. The Hall–Kier alpha value is -10.9. The Labute approximate surface area is 786 Å². The van der Waals surface area contributed by atoms with Crippen LogP contribution in [0.2, 0.25) is 0 Å². The average Bonchev–Trinajstić information content (AvgIpc) is 1.40. The summed E-state index contributed by atoms with van der Waals surface area (Å²) in [6.07, 6.45) is 3.39. The van der Waals surface area contributed by atoms with Gasteiger partial charge in [-0.25, -0.2) is 19.1 Å². The van der Waals surface area contributed by atoms with Gasteiger partial charge in [0.2, 0.25) is 35.4 Å². The first-order chi connectivity index (χ1) is 66.2. The number of hydrogen-bond acceptors (Lipinski definition) is 33. The van der Waals surface area contributed by atoms with E-state index in [0.29, 0.717) is 184 Å². The minimum absolute atomic E-state index is 0.00278. The van der Waals surface area contributed by atoms with E-state index in [1.54, 1.807) is 63.6 Å². The Balaban J connectivity index is 0.696. The third-order valence-corrected chi connectivity index (χ3v) is 21.0. The zero-order valence-corrected chi connectivity index (χ0v) is 77.1. The zero-order valence-electron chi connectivity index (χ0n) is 77.1. The molecule has 0 bridgehead atoms. The summed E-state index contributed by atoms with van der Waals surface area (Å²) < 4.78 is 121. The number of amides is 10. The number of pyridine rings is 2. The molecule has 2 aromatic heterocycles. The van der Waals surface area contributed by atoms with E-state index in [9.17, 15) is 62.6 Å². The van der Waals surface area contributed by atoms with Gasteiger partial charge in [0, 0.05) is 81.4 Å². The van der Waals surface area contributed by atoms with E-state index in [4.69, 9.17) is 95.0 Å². The van der Waals surface area contributed by atoms with Crippen LogP contribution in [0.4, 0.5) is 10.1 Å². The van der Waals surface area contributed by atoms with E-state index in [-0.39, 0.29) is 163 Å². The van der Waals surface area contributed by atoms with Crippen molar-refractivity contribution in [2.45, 2.75) is 76.8 Å². The lowest BCUT2D eigenvalue weighted by atomic mass is 9.84. The number of methoxy groups -OCH3 is 2. The van der Waals surface area contributed by atoms with Gasteiger partial charge in [0.05, 0.1) is 270 Å². The van der Waals surface area contributed by atoms with Crippen LogP contribution < -0.4 is 57.7 Å². The fraction of sp³-hybridized carbons (Fsp3) is 0.576. The maximum absolute atomic E-state index is 15.2. The largest absolute Gasteiger partial charge is 0.492 e. The summed E-state index contributed by atoms with van der Waals surface area (Å²) in [6, 6.07) is 14.1. The first-order valence-corrected chi connectivity index (χ1v) is 45.2. The number of rotatable bonds is 74. The molecular weight excluding hydrogens is 1790 g/mol. The molecule has 748 valence electrons. The van der Waals surface area contributed by atoms with Crippen molar-refractivity contribution < 1.29 is 152 Å². The summed E-state index contributed by atoms with van der Waals surface area (Å²) in [5.41, 5.74) is -0.112. The van der Waals surface area contributed by atoms with Gasteiger partial charge < -0.3 is 142 Å². The lowest BCUT2D eigenvalue weighted by Crippen LogP contribution is -2.52. The molecule has 5 heterocycles. The SMILES string of the molecule is COCCOCCOCCOCCOCCOCCOCCOCCNC(=O)c1cc(N2C(=O)C=CC2=O)cc(C(=O)NCCOCCOCCOCCOCCOCCOCCOCCOC)c1OCCCC(=O)NCC(=O)NCC(=O)N[C@@H](Cc1ccccc1)C(=O)NCC(=O)NCOCC(=O)NCc1c2c(nc3cc(F)c(C)cc13)-c1cc3c(c(=O)n1C2)COC(=O)[C@]3(O)CC1CC1. The number of halogens is 1. The van der Waals surface area contributed by atoms with Gasteiger partial charge in [-0.2, -0.15) is 0 Å². The number of aliphatic hydroxyl groups is 1. The smallest absolute Gasteiger partial charge is 0.343 e. The fourth-order valence-corrected chi connectivity index (χ4v) is 13.9. The number of benzene rings is 3. The Morgan fingerprint density at radius 1 is 0.522 bits per heavy atom. The third kappa shape index (κ3) is 37.6. The predicted molar refractivity (Wildman–Crippen MR) is 481 cm³/mol. The van der Waals surface area contributed by atoms with Crippen molar-refractivity contribution in [3.8, 4) is 17.1 Å². The van der Waals surface area contributed by atoms with Gasteiger partial charge in [-0.1, -0.05) is 43.2 Å². The van der Waals surface area contributed by atoms with Gasteiger partial charge >= 0.3 is 5.97 Å². The molecule has 4 aliphatic rings. The van der Waals surface area contributed by atoms with Gasteiger partial charge in [0.15, 0.2) is 5.60 Å². The van der Waals surface area contributed by atoms with Gasteiger partial charge in [0.25, 0.3) is 29.2 Å². The van der Waals surface area contributed by atoms with Crippen LogP contribution in [0.15, 0.2) is 77.6 Å². The highest BCUT2D eigenvalue weighted by Crippen LogP contribution is 2.46. The van der Waals surface area contributed by atoms with Crippen LogP contribution in [-0.4, -0.2) is 351 Å². The quantitative estimate of drug-likeness (QED) is 0.0105. The molecule has 44 heteroatoms. The van der Waals surface area contributed by atoms with Crippen molar-refractivity contribution in [1.82, 2.24) is 52.1 Å². The number of anilines is 1. The summed E-state index contributed by atoms with van der Waals surface area (Å²) in [7, 11) is 3.22. The van der Waals surface area contributed by atoms with Crippen LogP contribution in [0.1, 0.15) is 86.2 Å². The van der Waals surface area contributed by atoms with E-state index < -0.39 is 121 Å². The number of cyclic esters (lactones) is 1. The maximum atomic E-state index is 15.2. The van der Waals surface area contributed by atoms with Crippen LogP contribution in [0.3, 0.4) is 0 Å². The van der Waals surface area contributed by atoms with Crippen molar-refractivity contribution in [3.63, 3.8) is 0 Å². The van der Waals surface area contributed by atoms with Crippen molar-refractivity contribution >= 4 is 81.6 Å². The molecule has 9 N–H and O–H groups in total. The van der Waals surface area contributed by atoms with Crippen molar-refractivity contribution in [1.29, 1.82) is 0 Å². The van der Waals surface area contributed by atoms with Gasteiger partial charge in [-0.3, -0.25) is 52.7 Å². The summed E-state index contributed by atoms with van der Waals surface area (Å²) in [5.74, 6) is -9.09. The number of carbonyl (C=O) groups excluding carboxylic acids is 11. The molecule has 3 aromatic carbocycles. The second-order valence-corrected chi connectivity index (χ2v) is 31.1. The molecular formula is C92H126FN11O32. The number of fused-ring (bicyclic) bond motifs is 5. The van der Waals surface area contributed by atoms with Gasteiger partial charge in [-0.05, 0) is 66.6 Å². The maximum Gasteiger partial charge on any atom is 0.343 e. The normalized spacial score (nSPS) is 14.4. The summed E-state index contributed by atoms with van der Waals surface area (Å²) in [5, 5.41) is 32.8. The molecule has 2 atom stereocenters. The molecule has 1 fully saturated rings. The molecule has 1 saturated carbocycles. The lowest BCUT2D eigenvalue weighted by molar-refractivity contribution is -0.173. The number of aromatic nitrogens is 2. The summed E-state index contributed by atoms with van der Waals surface area (Å²) in [4.78, 5) is 167. The molecule has 10 amide bonds. The fourth-order valence-electron chi connectivity index (χ4n) is 13.9. The summed E-state index contributed by atoms with van der Waals surface area (Å²) >= 11 is 0. The monoisotopic (exact) mass is 1920 g/mol. The van der Waals surface area contributed by atoms with Crippen molar-refractivity contribution in [2.24, 2.45) is 5.92 Å². The van der Waals surface area contributed by atoms with Gasteiger partial charge in [-0.15, -0.1) is 0 Å². The first kappa shape index (κ1) is 109. The van der Waals surface area contributed by atoms with Crippen LogP contribution >= 0.6 is 0 Å². The highest BCUT2D eigenvalue weighted by Gasteiger charge is 2.50. The number of esters is 1. The number of hydrogen-bond donors (Lipinski definition) is 9. The topological polar surface area (TPSA) is 518 Å². The summed E-state index contributed by atoms with van der Waals surface area (Å²) in [6.45, 7) is 8.27. The number of ether oxygens (including phenoxy) is 19. The van der Waals surface area contributed by atoms with Crippen LogP contribution in [0.25, 0.3) is 22.3 Å². The Morgan fingerprint density at radius 3 is 1.49 bits per heavy atom. The van der Waals surface area contributed by atoms with Crippen LogP contribution in [-0.2, 0) is 160 Å². The molecule has 5 aromatic rings. The van der Waals surface area contributed by atoms with E-state index in [1.807, 2.05) is 0 Å². The van der Waals surface area contributed by atoms with E-state index >= 15 is 4.39 Å². The number of imide groups is 1. The van der Waals surface area contributed by atoms with Gasteiger partial charge in [0.1, 0.15) is 37.6 Å². The van der Waals surface area contributed by atoms with E-state index in [0.717, 1.165) is 29.9 Å². The Kier molecular flexibility index (Phi) is 49.1. The predicted octanol–water partition coefficient (Wildman–Crippen LogP) is -0.0268. The number of nitrogens with zero attached hydrogens (tertiary/aromatic N) is 3. The van der Waals surface area contributed by atoms with E-state index in [1.165, 1.54) is 22.8 Å². The number of carbonyl (C=O) groups is 11. The standard InChI is InChI=1S/C92H126FN11O32/c1-63-48-67-70(71-59-103-77(85(71)102-75(67)53-74(63)93)52-73-72(90(103)115)60-136-91(116)92(73,117)54-65-11-12-65)55-96-82(109)61-134-62-100-80(107)57-99-89(114)76(49-64-8-5-4-6-9-64)101-81(108)58-98-79(106)56-97-78(105)10-7-17-135-86-68(87(112)94-15-18-120-24-26-124-32-34-128-40-42-132-46-44-130-38-36-126-30-28-122-22-20-118-2)50-66(104-83(110)13-14-84(104)111)51-69(86)88(113)95-16-19-121-25-27-125-33-35-129-41-43-133-47-45-131-39-37-127-31-29-123-23-21-119-3/h4-6,8-9,13-14,48,50-53,65,76,117H,7,10-12,15-47,49,54-62H2,1-3H3,(H,94,112)(H,95,113)(H,96,109)(H,97,105)(H,98,106)(H,99,114)(H,100,107)(H,101,108)/t76-,92-/m0/s1. The third-order valence-electron chi connectivity index (χ3n) is 21.0. The minimum Gasteiger partial charge on any atom is -0.492 e.